The quantitative estimate of drug-likeness (QED) is 0.750. The van der Waals surface area contributed by atoms with Crippen LogP contribution in [0.2, 0.25) is 5.02 Å². The third-order valence-electron chi connectivity index (χ3n) is 1.70. The number of benzene rings is 1. The van der Waals surface area contributed by atoms with E-state index in [1.165, 1.54) is 0 Å². The highest BCUT2D eigenvalue weighted by Crippen LogP contribution is 2.09. The maximum Gasteiger partial charge on any atom is 0.176 e. The molecule has 0 fully saturated rings. The molecule has 0 saturated heterocycles. The van der Waals surface area contributed by atoms with Crippen LogP contribution in [0.1, 0.15) is 17.3 Å². The van der Waals surface area contributed by atoms with Crippen molar-refractivity contribution in [1.82, 2.24) is 5.32 Å². The van der Waals surface area contributed by atoms with Gasteiger partial charge in [0.15, 0.2) is 5.78 Å². The van der Waals surface area contributed by atoms with Gasteiger partial charge in [-0.15, -0.1) is 0 Å². The molecule has 0 aliphatic rings. The maximum absolute atomic E-state index is 11.4. The van der Waals surface area contributed by atoms with Gasteiger partial charge in [-0.1, -0.05) is 18.5 Å². The van der Waals surface area contributed by atoms with E-state index in [0.29, 0.717) is 17.1 Å². The van der Waals surface area contributed by atoms with E-state index in [2.05, 4.69) is 5.32 Å². The number of carbonyl (C=O) groups is 1. The molecule has 0 aliphatic carbocycles. The van der Waals surface area contributed by atoms with Gasteiger partial charge in [0.25, 0.3) is 0 Å². The molecule has 0 aromatic heterocycles. The van der Waals surface area contributed by atoms with E-state index in [9.17, 15) is 4.79 Å². The van der Waals surface area contributed by atoms with Gasteiger partial charge < -0.3 is 5.32 Å². The van der Waals surface area contributed by atoms with Crippen molar-refractivity contribution in [3.63, 3.8) is 0 Å². The Morgan fingerprint density at radius 2 is 2.00 bits per heavy atom. The molecule has 0 heterocycles. The number of ketones is 1. The molecule has 0 spiro atoms. The first-order valence-corrected chi connectivity index (χ1v) is 4.61. The Morgan fingerprint density at radius 1 is 1.38 bits per heavy atom. The van der Waals surface area contributed by atoms with E-state index in [1.54, 1.807) is 24.3 Å². The number of nitrogens with one attached hydrogen (secondary N) is 1. The van der Waals surface area contributed by atoms with E-state index >= 15 is 0 Å². The SMILES string of the molecule is CCNCC(=O)c1ccc(Cl)cc1. The van der Waals surface area contributed by atoms with Crippen molar-refractivity contribution < 1.29 is 4.79 Å². The highest BCUT2D eigenvalue weighted by Gasteiger charge is 2.03. The van der Waals surface area contributed by atoms with Gasteiger partial charge in [-0.2, -0.15) is 0 Å². The first-order valence-electron chi connectivity index (χ1n) is 4.23. The molecule has 1 N–H and O–H groups in total. The third-order valence-corrected chi connectivity index (χ3v) is 1.95. The lowest BCUT2D eigenvalue weighted by molar-refractivity contribution is 0.0992. The molecule has 0 bridgehead atoms. The van der Waals surface area contributed by atoms with E-state index in [0.717, 1.165) is 6.54 Å². The summed E-state index contributed by atoms with van der Waals surface area (Å²) in [5, 5.41) is 3.63. The van der Waals surface area contributed by atoms with Crippen molar-refractivity contribution in [2.75, 3.05) is 13.1 Å². The highest BCUT2D eigenvalue weighted by molar-refractivity contribution is 6.30. The molecule has 0 amide bonds. The molecule has 1 rings (SSSR count). The Morgan fingerprint density at radius 3 is 2.54 bits per heavy atom. The normalized spacial score (nSPS) is 10.0. The van der Waals surface area contributed by atoms with Crippen LogP contribution in [0.4, 0.5) is 0 Å². The van der Waals surface area contributed by atoms with Gasteiger partial charge in [0, 0.05) is 10.6 Å². The third kappa shape index (κ3) is 3.17. The number of likely N-dealkylation sites (N-methyl/N-ethyl adjacent to an activating group) is 1. The van der Waals surface area contributed by atoms with Crippen LogP contribution in [0, 0.1) is 0 Å². The molecule has 1 aromatic carbocycles. The lowest BCUT2D eigenvalue weighted by atomic mass is 10.1. The fraction of sp³-hybridized carbons (Fsp3) is 0.300. The lowest BCUT2D eigenvalue weighted by Gasteiger charge is -2.00. The maximum atomic E-state index is 11.4. The van der Waals surface area contributed by atoms with Gasteiger partial charge >= 0.3 is 0 Å². The fourth-order valence-corrected chi connectivity index (χ4v) is 1.10. The Bertz CT molecular complexity index is 281. The van der Waals surface area contributed by atoms with Gasteiger partial charge in [0.2, 0.25) is 0 Å². The summed E-state index contributed by atoms with van der Waals surface area (Å²) >= 11 is 5.69. The first-order chi connectivity index (χ1) is 6.24. The standard InChI is InChI=1S/C10H12ClNO/c1-2-12-7-10(13)8-3-5-9(11)6-4-8/h3-6,12H,2,7H2,1H3. The molecule has 0 unspecified atom stereocenters. The summed E-state index contributed by atoms with van der Waals surface area (Å²) in [5.41, 5.74) is 0.699. The van der Waals surface area contributed by atoms with Crippen LogP contribution in [-0.4, -0.2) is 18.9 Å². The second-order valence-corrected chi connectivity index (χ2v) is 3.15. The average molecular weight is 198 g/mol. The number of carbonyl (C=O) groups excluding carboxylic acids is 1. The Balaban J connectivity index is 2.61. The summed E-state index contributed by atoms with van der Waals surface area (Å²) in [6.45, 7) is 3.16. The number of rotatable bonds is 4. The van der Waals surface area contributed by atoms with Crippen molar-refractivity contribution in [2.24, 2.45) is 0 Å². The molecule has 2 nitrogen and oxygen atoms in total. The number of hydrogen-bond donors (Lipinski definition) is 1. The summed E-state index contributed by atoms with van der Waals surface area (Å²) in [5.74, 6) is 0.0958. The van der Waals surface area contributed by atoms with Gasteiger partial charge in [0.1, 0.15) is 0 Å². The van der Waals surface area contributed by atoms with Gasteiger partial charge in [-0.25, -0.2) is 0 Å². The minimum absolute atomic E-state index is 0.0958. The van der Waals surface area contributed by atoms with Crippen molar-refractivity contribution >= 4 is 17.4 Å². The zero-order valence-electron chi connectivity index (χ0n) is 7.51. The predicted octanol–water partition coefficient (Wildman–Crippen LogP) is 2.13. The molecule has 13 heavy (non-hydrogen) atoms. The molecular formula is C10H12ClNO. The van der Waals surface area contributed by atoms with Crippen LogP contribution in [0.5, 0.6) is 0 Å². The molecule has 0 aliphatic heterocycles. The van der Waals surface area contributed by atoms with Crippen LogP contribution in [-0.2, 0) is 0 Å². The molecular weight excluding hydrogens is 186 g/mol. The van der Waals surface area contributed by atoms with Crippen LogP contribution < -0.4 is 5.32 Å². The zero-order chi connectivity index (χ0) is 9.68. The zero-order valence-corrected chi connectivity index (χ0v) is 8.27. The lowest BCUT2D eigenvalue weighted by Crippen LogP contribution is -2.22. The Kier molecular flexibility index (Phi) is 3.93. The Labute approximate surface area is 82.9 Å². The Hall–Kier alpha value is -0.860. The van der Waals surface area contributed by atoms with Gasteiger partial charge in [0.05, 0.1) is 6.54 Å². The second-order valence-electron chi connectivity index (χ2n) is 2.71. The van der Waals surface area contributed by atoms with Gasteiger partial charge in [-0.3, -0.25) is 4.79 Å². The van der Waals surface area contributed by atoms with E-state index in [4.69, 9.17) is 11.6 Å². The summed E-state index contributed by atoms with van der Waals surface area (Å²) < 4.78 is 0. The second kappa shape index (κ2) is 5.00. The summed E-state index contributed by atoms with van der Waals surface area (Å²) in [6.07, 6.45) is 0. The van der Waals surface area contributed by atoms with E-state index in [-0.39, 0.29) is 5.78 Å². The van der Waals surface area contributed by atoms with Crippen molar-refractivity contribution in [3.05, 3.63) is 34.9 Å². The monoisotopic (exact) mass is 197 g/mol. The fourth-order valence-electron chi connectivity index (χ4n) is 0.976. The minimum Gasteiger partial charge on any atom is -0.310 e. The van der Waals surface area contributed by atoms with Crippen LogP contribution in [0.15, 0.2) is 24.3 Å². The minimum atomic E-state index is 0.0958. The predicted molar refractivity (Wildman–Crippen MR) is 54.3 cm³/mol. The van der Waals surface area contributed by atoms with E-state index < -0.39 is 0 Å². The van der Waals surface area contributed by atoms with E-state index in [1.807, 2.05) is 6.92 Å². The molecule has 0 radical (unpaired) electrons. The molecule has 0 atom stereocenters. The smallest absolute Gasteiger partial charge is 0.176 e. The summed E-state index contributed by atoms with van der Waals surface area (Å²) in [4.78, 5) is 11.4. The van der Waals surface area contributed by atoms with Crippen LogP contribution in [0.25, 0.3) is 0 Å². The number of Topliss-reactive ketones (excluding diaryl/α,β-unsaturated/α-hetero) is 1. The topological polar surface area (TPSA) is 29.1 Å². The number of hydrogen-bond acceptors (Lipinski definition) is 2. The van der Waals surface area contributed by atoms with Crippen LogP contribution in [0.3, 0.4) is 0 Å². The van der Waals surface area contributed by atoms with Gasteiger partial charge in [-0.05, 0) is 30.8 Å². The summed E-state index contributed by atoms with van der Waals surface area (Å²) in [7, 11) is 0. The molecule has 70 valence electrons. The first kappa shape index (κ1) is 10.2. The summed E-state index contributed by atoms with van der Waals surface area (Å²) in [6, 6.07) is 6.92. The van der Waals surface area contributed by atoms with Crippen molar-refractivity contribution in [3.8, 4) is 0 Å². The average Bonchev–Trinajstić information content (AvgIpc) is 2.15. The van der Waals surface area contributed by atoms with Crippen molar-refractivity contribution in [2.45, 2.75) is 6.92 Å². The van der Waals surface area contributed by atoms with Crippen molar-refractivity contribution in [1.29, 1.82) is 0 Å². The van der Waals surface area contributed by atoms with Crippen LogP contribution >= 0.6 is 11.6 Å². The number of halogens is 1. The molecule has 3 heteroatoms. The largest absolute Gasteiger partial charge is 0.310 e. The molecule has 1 aromatic rings. The molecule has 0 saturated carbocycles. The highest BCUT2D eigenvalue weighted by atomic mass is 35.5.